The van der Waals surface area contributed by atoms with Gasteiger partial charge in [0.1, 0.15) is 0 Å². The molecule has 0 aliphatic heterocycles. The van der Waals surface area contributed by atoms with Gasteiger partial charge in [-0.25, -0.2) is 0 Å². The summed E-state index contributed by atoms with van der Waals surface area (Å²) in [5.74, 6) is 0. The molecule has 0 fully saturated rings. The van der Waals surface area contributed by atoms with Crippen LogP contribution >= 0.6 is 37.9 Å². The molecule has 0 amide bonds. The van der Waals surface area contributed by atoms with Gasteiger partial charge in [-0.05, 0) is 0 Å². The molecule has 0 unspecified atom stereocenters. The van der Waals surface area contributed by atoms with Crippen molar-refractivity contribution in [1.29, 1.82) is 0 Å². The van der Waals surface area contributed by atoms with Crippen LogP contribution in [0.1, 0.15) is 0 Å². The Morgan fingerprint density at radius 3 is 1.17 bits per heavy atom. The molecule has 0 spiro atoms. The van der Waals surface area contributed by atoms with Gasteiger partial charge in [-0.1, -0.05) is 0 Å². The molecule has 0 heterocycles. The molecule has 0 saturated heterocycles. The summed E-state index contributed by atoms with van der Waals surface area (Å²) in [6.07, 6.45) is 0. The molecule has 6 heavy (non-hydrogen) atoms. The van der Waals surface area contributed by atoms with Gasteiger partial charge in [-0.2, -0.15) is 0 Å². The summed E-state index contributed by atoms with van der Waals surface area (Å²) >= 11 is 7.49. The van der Waals surface area contributed by atoms with Gasteiger partial charge >= 0.3 is 102 Å². The van der Waals surface area contributed by atoms with E-state index in [1.54, 1.807) is 20.2 Å². The maximum atomic E-state index is 2.28. The van der Waals surface area contributed by atoms with Crippen LogP contribution in [0.2, 0.25) is 0 Å². The minimum absolute atomic E-state index is 0. The van der Waals surface area contributed by atoms with Crippen LogP contribution in [0.3, 0.4) is 0 Å². The van der Waals surface area contributed by atoms with E-state index in [1.807, 2.05) is 0 Å². The first-order valence-corrected chi connectivity index (χ1v) is 15.4. The van der Waals surface area contributed by atoms with Crippen molar-refractivity contribution in [2.24, 2.45) is 0 Å². The molecule has 0 nitrogen and oxygen atoms in total. The Kier molecular flexibility index (Phi) is 124. The zero-order chi connectivity index (χ0) is 4.00. The molecular formula is I3NaScZn. The van der Waals surface area contributed by atoms with Crippen molar-refractivity contribution in [3.8, 4) is 0 Å². The number of hydrogen-bond acceptors (Lipinski definition) is 0. The second-order valence-electron chi connectivity index (χ2n) is 0. The fraction of sp³-hybridized carbons (Fsp3) is 0. The van der Waals surface area contributed by atoms with Crippen molar-refractivity contribution in [2.45, 2.75) is 0 Å². The van der Waals surface area contributed by atoms with Gasteiger partial charge in [0.05, 0.1) is 0 Å². The van der Waals surface area contributed by atoms with Gasteiger partial charge in [-0.15, -0.1) is 0 Å². The molecule has 0 aliphatic rings. The van der Waals surface area contributed by atoms with Crippen molar-refractivity contribution >= 4 is 37.9 Å². The van der Waals surface area contributed by atoms with Crippen LogP contribution in [0.15, 0.2) is 0 Å². The van der Waals surface area contributed by atoms with Gasteiger partial charge in [0.2, 0.25) is 0 Å². The third-order valence-corrected chi connectivity index (χ3v) is 0. The Morgan fingerprint density at radius 1 is 1.17 bits per heavy atom. The Labute approximate surface area is 123 Å². The molecule has 0 N–H and O–H groups in total. The Morgan fingerprint density at radius 2 is 1.17 bits per heavy atom. The third kappa shape index (κ3) is 23.4. The number of rotatable bonds is 0. The average Bonchev–Trinajstić information content (AvgIpc) is 1.50. The molecule has 0 bridgehead atoms. The molecule has 6 heteroatoms. The Bertz CT molecular complexity index is 10.8. The summed E-state index contributed by atoms with van der Waals surface area (Å²) in [7, 11) is 0. The second-order valence-corrected chi connectivity index (χ2v) is 0. The van der Waals surface area contributed by atoms with Crippen molar-refractivity contribution in [3.63, 3.8) is 0 Å². The van der Waals surface area contributed by atoms with E-state index in [1.165, 1.54) is 14.8 Å². The molecule has 0 atom stereocenters. The first-order valence-electron chi connectivity index (χ1n) is 0.485. The van der Waals surface area contributed by atoms with Crippen LogP contribution in [-0.2, 0) is 35.0 Å². The van der Waals surface area contributed by atoms with Crippen LogP contribution in [-0.4, -0.2) is 0 Å². The summed E-state index contributed by atoms with van der Waals surface area (Å²) in [4.78, 5) is 0. The van der Waals surface area contributed by atoms with Gasteiger partial charge in [0, 0.05) is 0 Å². The first-order chi connectivity index (χ1) is 2.00. The summed E-state index contributed by atoms with van der Waals surface area (Å²) < 4.78 is 0. The standard InChI is InChI=1S/3HI.Na.Sc.Zn/h3*1H;;;/q;;;3*+1/p-3. The molecule has 0 saturated carbocycles. The zero-order valence-electron chi connectivity index (χ0n) is 3.42. The van der Waals surface area contributed by atoms with Gasteiger partial charge in [-0.3, -0.25) is 0 Å². The van der Waals surface area contributed by atoms with Gasteiger partial charge in [0.25, 0.3) is 0 Å². The predicted molar refractivity (Wildman–Crippen MR) is 28.0 cm³/mol. The molecule has 0 radical (unpaired) electrons. The van der Waals surface area contributed by atoms with E-state index >= 15 is 0 Å². The monoisotopic (exact) mass is 513 g/mol. The minimum atomic E-state index is 0. The van der Waals surface area contributed by atoms with Crippen molar-refractivity contribution in [2.75, 3.05) is 0 Å². The van der Waals surface area contributed by atoms with E-state index < -0.39 is 0 Å². The van der Waals surface area contributed by atoms with Crippen LogP contribution < -0.4 is 53.5 Å². The third-order valence-electron chi connectivity index (χ3n) is 0. The molecule has 0 aliphatic carbocycles. The van der Waals surface area contributed by atoms with E-state index in [9.17, 15) is 0 Å². The summed E-state index contributed by atoms with van der Waals surface area (Å²) in [5.41, 5.74) is 0. The van der Waals surface area contributed by atoms with Crippen LogP contribution in [0.4, 0.5) is 0 Å². The van der Waals surface area contributed by atoms with Crippen LogP contribution in [0.5, 0.6) is 0 Å². The molecule has 0 aromatic rings. The molecule has 0 rings (SSSR count). The first kappa shape index (κ1) is 22.4. The topological polar surface area (TPSA) is 0 Å². The number of halogens is 3. The van der Waals surface area contributed by atoms with E-state index in [0.29, 0.717) is 0 Å². The van der Waals surface area contributed by atoms with Crippen LogP contribution in [0, 0.1) is 0 Å². The fourth-order valence-corrected chi connectivity index (χ4v) is 0. The summed E-state index contributed by atoms with van der Waals surface area (Å²) in [6.45, 7) is 0. The van der Waals surface area contributed by atoms with Crippen molar-refractivity contribution in [3.05, 3.63) is 0 Å². The molecule has 0 aromatic carbocycles. The predicted octanol–water partition coefficient (Wildman–Crippen LogP) is -4.23. The SMILES string of the molecule is [I-].[Na+].[Sc][I].[Zn][I]. The Hall–Kier alpha value is 4.68. The summed E-state index contributed by atoms with van der Waals surface area (Å²) in [5, 5.41) is 0. The van der Waals surface area contributed by atoms with Crippen molar-refractivity contribution < 1.29 is 88.5 Å². The normalized spacial score (nSPS) is 1.83. The Balaban J connectivity index is -0.00000000500. The van der Waals surface area contributed by atoms with Gasteiger partial charge < -0.3 is 24.0 Å². The second kappa shape index (κ2) is 33.3. The van der Waals surface area contributed by atoms with Crippen molar-refractivity contribution in [1.82, 2.24) is 0 Å². The van der Waals surface area contributed by atoms with E-state index in [0.717, 1.165) is 0 Å². The van der Waals surface area contributed by atoms with E-state index in [2.05, 4.69) is 37.9 Å². The zero-order valence-corrected chi connectivity index (χ0v) is 16.7. The summed E-state index contributed by atoms with van der Waals surface area (Å²) in [6, 6.07) is 0. The molecule has 27 valence electrons. The fourth-order valence-electron chi connectivity index (χ4n) is 0. The van der Waals surface area contributed by atoms with E-state index in [-0.39, 0.29) is 53.5 Å². The van der Waals surface area contributed by atoms with Gasteiger partial charge in [0.15, 0.2) is 0 Å². The molecule has 0 aromatic heterocycles. The van der Waals surface area contributed by atoms with E-state index in [4.69, 9.17) is 0 Å². The maximum absolute atomic E-state index is 2.28. The van der Waals surface area contributed by atoms with Crippen LogP contribution in [0.25, 0.3) is 0 Å². The quantitative estimate of drug-likeness (QED) is 0.228. The average molecular weight is 514 g/mol. The molecular weight excluding hydrogens is 514 g/mol. The number of hydrogen-bond donors (Lipinski definition) is 0.